The first-order chi connectivity index (χ1) is 10.0. The first kappa shape index (κ1) is 19.2. The van der Waals surface area contributed by atoms with Gasteiger partial charge >= 0.3 is 5.97 Å². The van der Waals surface area contributed by atoms with Crippen LogP contribution in [0.5, 0.6) is 0 Å². The summed E-state index contributed by atoms with van der Waals surface area (Å²) in [6, 6.07) is 0.198. The zero-order valence-electron chi connectivity index (χ0n) is 13.7. The quantitative estimate of drug-likeness (QED) is 0.774. The lowest BCUT2D eigenvalue weighted by atomic mass is 9.84. The van der Waals surface area contributed by atoms with Gasteiger partial charge in [-0.25, -0.2) is 0 Å². The normalized spacial score (nSPS) is 31.7. The predicted octanol–water partition coefficient (Wildman–Crippen LogP) is 2.18. The summed E-state index contributed by atoms with van der Waals surface area (Å²) in [6.07, 6.45) is 6.51. The van der Waals surface area contributed by atoms with Crippen LogP contribution in [0.4, 0.5) is 0 Å². The first-order valence-electron chi connectivity index (χ1n) is 8.28. The van der Waals surface area contributed by atoms with Gasteiger partial charge in [-0.3, -0.25) is 9.59 Å². The average molecular weight is 333 g/mol. The fraction of sp³-hybridized carbons (Fsp3) is 0.875. The number of carbonyl (C=O) groups is 2. The van der Waals surface area contributed by atoms with E-state index < -0.39 is 5.54 Å². The monoisotopic (exact) mass is 332 g/mol. The van der Waals surface area contributed by atoms with Crippen LogP contribution in [0.3, 0.4) is 0 Å². The molecule has 1 aliphatic carbocycles. The Labute approximate surface area is 139 Å². The summed E-state index contributed by atoms with van der Waals surface area (Å²) < 4.78 is 5.07. The second-order valence-corrected chi connectivity index (χ2v) is 6.49. The van der Waals surface area contributed by atoms with E-state index in [4.69, 9.17) is 4.74 Å². The number of nitrogens with one attached hydrogen (secondary N) is 2. The van der Waals surface area contributed by atoms with E-state index in [1.807, 2.05) is 13.8 Å². The third-order valence-corrected chi connectivity index (χ3v) is 4.80. The number of hydrogen-bond donors (Lipinski definition) is 2. The number of ether oxygens (including phenoxy) is 1. The smallest absolute Gasteiger partial charge is 0.308 e. The van der Waals surface area contributed by atoms with Crippen LogP contribution in [-0.2, 0) is 14.3 Å². The molecule has 0 spiro atoms. The largest absolute Gasteiger partial charge is 0.466 e. The molecule has 0 radical (unpaired) electrons. The van der Waals surface area contributed by atoms with Gasteiger partial charge < -0.3 is 15.4 Å². The van der Waals surface area contributed by atoms with Crippen molar-refractivity contribution in [2.45, 2.75) is 70.4 Å². The fourth-order valence-corrected chi connectivity index (χ4v) is 3.33. The maximum Gasteiger partial charge on any atom is 0.308 e. The lowest BCUT2D eigenvalue weighted by Crippen LogP contribution is -2.58. The fourth-order valence-electron chi connectivity index (χ4n) is 3.33. The van der Waals surface area contributed by atoms with Gasteiger partial charge in [-0.2, -0.15) is 0 Å². The Morgan fingerprint density at radius 2 is 1.91 bits per heavy atom. The highest BCUT2D eigenvalue weighted by molar-refractivity contribution is 5.86. The van der Waals surface area contributed by atoms with Crippen molar-refractivity contribution >= 4 is 24.3 Å². The molecular formula is C16H29ClN2O3. The number of amides is 1. The molecule has 1 heterocycles. The van der Waals surface area contributed by atoms with E-state index in [9.17, 15) is 9.59 Å². The zero-order valence-corrected chi connectivity index (χ0v) is 14.5. The minimum absolute atomic E-state index is 0. The number of carbonyl (C=O) groups excluding carboxylic acids is 2. The van der Waals surface area contributed by atoms with Crippen LogP contribution in [0.2, 0.25) is 0 Å². The molecule has 22 heavy (non-hydrogen) atoms. The van der Waals surface area contributed by atoms with Crippen LogP contribution in [0.1, 0.15) is 58.8 Å². The number of esters is 1. The van der Waals surface area contributed by atoms with E-state index in [-0.39, 0.29) is 36.2 Å². The summed E-state index contributed by atoms with van der Waals surface area (Å²) in [5.41, 5.74) is -0.420. The van der Waals surface area contributed by atoms with Crippen molar-refractivity contribution in [2.75, 3.05) is 13.2 Å². The van der Waals surface area contributed by atoms with E-state index in [1.165, 1.54) is 0 Å². The molecule has 2 fully saturated rings. The minimum atomic E-state index is -0.420. The molecule has 1 unspecified atom stereocenters. The highest BCUT2D eigenvalue weighted by Crippen LogP contribution is 2.26. The molecule has 1 atom stereocenters. The topological polar surface area (TPSA) is 67.4 Å². The van der Waals surface area contributed by atoms with E-state index in [2.05, 4.69) is 10.6 Å². The van der Waals surface area contributed by atoms with E-state index >= 15 is 0 Å². The van der Waals surface area contributed by atoms with Gasteiger partial charge in [-0.05, 0) is 65.3 Å². The summed E-state index contributed by atoms with van der Waals surface area (Å²) in [5, 5.41) is 6.51. The van der Waals surface area contributed by atoms with E-state index in [0.29, 0.717) is 6.61 Å². The summed E-state index contributed by atoms with van der Waals surface area (Å²) >= 11 is 0. The zero-order chi connectivity index (χ0) is 15.3. The molecule has 0 aromatic rings. The number of hydrogen-bond acceptors (Lipinski definition) is 4. The van der Waals surface area contributed by atoms with Gasteiger partial charge in [-0.15, -0.1) is 12.4 Å². The maximum atomic E-state index is 12.4. The van der Waals surface area contributed by atoms with Gasteiger partial charge in [0, 0.05) is 6.04 Å². The molecule has 0 aromatic carbocycles. The summed E-state index contributed by atoms with van der Waals surface area (Å²) in [5.74, 6) is 0.0477. The van der Waals surface area contributed by atoms with Crippen molar-refractivity contribution in [2.24, 2.45) is 5.92 Å². The van der Waals surface area contributed by atoms with Crippen molar-refractivity contribution in [1.82, 2.24) is 10.6 Å². The van der Waals surface area contributed by atoms with E-state index in [1.54, 1.807) is 0 Å². The molecule has 0 bridgehead atoms. The molecule has 0 aromatic heterocycles. The standard InChI is InChI=1S/C16H28N2O3.ClH/c1-3-21-14(19)12-6-8-13(9-7-12)18-15(20)16(2)10-4-5-11-17-16;/h12-13,17H,3-11H2,1-2H3,(H,18,20);1H. The number of halogens is 1. The second kappa shape index (κ2) is 8.73. The molecule has 5 nitrogen and oxygen atoms in total. The lowest BCUT2D eigenvalue weighted by molar-refractivity contribution is -0.149. The molecule has 2 N–H and O–H groups in total. The average Bonchev–Trinajstić information content (AvgIpc) is 2.49. The van der Waals surface area contributed by atoms with Crippen molar-refractivity contribution in [3.63, 3.8) is 0 Å². The molecule has 1 amide bonds. The van der Waals surface area contributed by atoms with Crippen molar-refractivity contribution in [3.8, 4) is 0 Å². The molecule has 2 rings (SSSR count). The summed E-state index contributed by atoms with van der Waals surface area (Å²) in [4.78, 5) is 24.1. The lowest BCUT2D eigenvalue weighted by Gasteiger charge is -2.36. The van der Waals surface area contributed by atoms with Crippen LogP contribution >= 0.6 is 12.4 Å². The van der Waals surface area contributed by atoms with Crippen molar-refractivity contribution in [3.05, 3.63) is 0 Å². The minimum Gasteiger partial charge on any atom is -0.466 e. The Morgan fingerprint density at radius 3 is 2.45 bits per heavy atom. The van der Waals surface area contributed by atoms with Gasteiger partial charge in [0.25, 0.3) is 0 Å². The molecule has 2 aliphatic rings. The highest BCUT2D eigenvalue weighted by atomic mass is 35.5. The van der Waals surface area contributed by atoms with Gasteiger partial charge in [0.15, 0.2) is 0 Å². The Morgan fingerprint density at radius 1 is 1.23 bits per heavy atom. The highest BCUT2D eigenvalue weighted by Gasteiger charge is 2.36. The summed E-state index contributed by atoms with van der Waals surface area (Å²) in [7, 11) is 0. The molecule has 1 saturated carbocycles. The van der Waals surface area contributed by atoms with Crippen LogP contribution in [0.15, 0.2) is 0 Å². The molecule has 1 aliphatic heterocycles. The van der Waals surface area contributed by atoms with Crippen LogP contribution in [-0.4, -0.2) is 36.6 Å². The van der Waals surface area contributed by atoms with E-state index in [0.717, 1.165) is 51.5 Å². The van der Waals surface area contributed by atoms with Crippen molar-refractivity contribution < 1.29 is 14.3 Å². The molecule has 6 heteroatoms. The third kappa shape index (κ3) is 4.85. The molecule has 128 valence electrons. The van der Waals surface area contributed by atoms with Crippen molar-refractivity contribution in [1.29, 1.82) is 0 Å². The maximum absolute atomic E-state index is 12.4. The van der Waals surface area contributed by atoms with Gasteiger partial charge in [0.05, 0.1) is 18.1 Å². The van der Waals surface area contributed by atoms with Gasteiger partial charge in [-0.1, -0.05) is 0 Å². The summed E-state index contributed by atoms with van der Waals surface area (Å²) in [6.45, 7) is 5.19. The van der Waals surface area contributed by atoms with Gasteiger partial charge in [0.1, 0.15) is 0 Å². The Bertz CT molecular complexity index is 376. The number of piperidine rings is 1. The molecular weight excluding hydrogens is 304 g/mol. The predicted molar refractivity (Wildman–Crippen MR) is 88.0 cm³/mol. The van der Waals surface area contributed by atoms with Crippen LogP contribution in [0.25, 0.3) is 0 Å². The first-order valence-corrected chi connectivity index (χ1v) is 8.28. The molecule has 1 saturated heterocycles. The number of rotatable bonds is 4. The Balaban J connectivity index is 0.00000242. The third-order valence-electron chi connectivity index (χ3n) is 4.80. The Hall–Kier alpha value is -0.810. The van der Waals surface area contributed by atoms with Crippen LogP contribution in [0, 0.1) is 5.92 Å². The van der Waals surface area contributed by atoms with Gasteiger partial charge in [0.2, 0.25) is 5.91 Å². The van der Waals surface area contributed by atoms with Crippen LogP contribution < -0.4 is 10.6 Å². The second-order valence-electron chi connectivity index (χ2n) is 6.49. The Kier molecular flexibility index (Phi) is 7.63. The SMILES string of the molecule is CCOC(=O)C1CCC(NC(=O)C2(C)CCCCN2)CC1.Cl.